The van der Waals surface area contributed by atoms with Gasteiger partial charge in [0.25, 0.3) is 5.91 Å². The standard InChI is InChI=1S/C15H20N2O4.ClH/c1-10-9-16-3-4-17(10)15(18)11-7-12(19-2)14-13(8-11)20-5-6-21-14;/h7-8,10,16H,3-6,9H2,1-2H3;1H. The number of benzene rings is 1. The summed E-state index contributed by atoms with van der Waals surface area (Å²) in [6.07, 6.45) is 0. The van der Waals surface area contributed by atoms with Crippen molar-refractivity contribution in [2.24, 2.45) is 0 Å². The number of nitrogens with one attached hydrogen (secondary N) is 1. The zero-order valence-corrected chi connectivity index (χ0v) is 13.6. The van der Waals surface area contributed by atoms with Crippen LogP contribution in [-0.2, 0) is 0 Å². The van der Waals surface area contributed by atoms with Crippen LogP contribution in [0.5, 0.6) is 17.2 Å². The molecule has 1 aromatic carbocycles. The Morgan fingerprint density at radius 3 is 2.86 bits per heavy atom. The van der Waals surface area contributed by atoms with Gasteiger partial charge in [0, 0.05) is 31.2 Å². The number of ether oxygens (including phenoxy) is 3. The van der Waals surface area contributed by atoms with E-state index in [0.717, 1.165) is 13.1 Å². The van der Waals surface area contributed by atoms with E-state index in [1.807, 2.05) is 11.8 Å². The molecule has 3 rings (SSSR count). The molecule has 1 amide bonds. The molecular weight excluding hydrogens is 308 g/mol. The molecule has 2 aliphatic heterocycles. The first-order valence-corrected chi connectivity index (χ1v) is 7.20. The van der Waals surface area contributed by atoms with Crippen molar-refractivity contribution >= 4 is 18.3 Å². The van der Waals surface area contributed by atoms with Crippen molar-refractivity contribution in [2.45, 2.75) is 13.0 Å². The number of carbonyl (C=O) groups is 1. The highest BCUT2D eigenvalue weighted by molar-refractivity contribution is 5.96. The number of piperazine rings is 1. The Labute approximate surface area is 136 Å². The van der Waals surface area contributed by atoms with Crippen molar-refractivity contribution in [3.8, 4) is 17.2 Å². The molecule has 1 saturated heterocycles. The van der Waals surface area contributed by atoms with E-state index in [-0.39, 0.29) is 24.4 Å². The van der Waals surface area contributed by atoms with Crippen molar-refractivity contribution in [2.75, 3.05) is 40.0 Å². The maximum absolute atomic E-state index is 12.7. The van der Waals surface area contributed by atoms with Gasteiger partial charge in [-0.3, -0.25) is 4.79 Å². The Bertz CT molecular complexity index is 535. The second-order valence-corrected chi connectivity index (χ2v) is 5.25. The van der Waals surface area contributed by atoms with Gasteiger partial charge in [-0.05, 0) is 19.1 Å². The number of hydrogen-bond donors (Lipinski definition) is 1. The molecule has 1 aromatic rings. The highest BCUT2D eigenvalue weighted by Crippen LogP contribution is 2.40. The van der Waals surface area contributed by atoms with Gasteiger partial charge in [0.05, 0.1) is 7.11 Å². The van der Waals surface area contributed by atoms with Crippen LogP contribution in [0.1, 0.15) is 17.3 Å². The molecule has 0 spiro atoms. The van der Waals surface area contributed by atoms with Crippen LogP contribution in [0.15, 0.2) is 12.1 Å². The maximum Gasteiger partial charge on any atom is 0.254 e. The number of nitrogens with zero attached hydrogens (tertiary/aromatic N) is 1. The lowest BCUT2D eigenvalue weighted by atomic mass is 10.1. The van der Waals surface area contributed by atoms with Gasteiger partial charge < -0.3 is 24.4 Å². The van der Waals surface area contributed by atoms with E-state index in [1.165, 1.54) is 0 Å². The van der Waals surface area contributed by atoms with E-state index in [0.29, 0.717) is 42.6 Å². The molecule has 0 aliphatic carbocycles. The van der Waals surface area contributed by atoms with Gasteiger partial charge in [-0.1, -0.05) is 0 Å². The molecule has 22 heavy (non-hydrogen) atoms. The quantitative estimate of drug-likeness (QED) is 0.887. The van der Waals surface area contributed by atoms with Crippen molar-refractivity contribution in [1.29, 1.82) is 0 Å². The van der Waals surface area contributed by atoms with Crippen LogP contribution in [-0.4, -0.2) is 56.8 Å². The molecule has 0 bridgehead atoms. The van der Waals surface area contributed by atoms with Crippen LogP contribution < -0.4 is 19.5 Å². The molecule has 2 aliphatic rings. The second kappa shape index (κ2) is 7.07. The fourth-order valence-corrected chi connectivity index (χ4v) is 2.71. The third kappa shape index (κ3) is 3.08. The van der Waals surface area contributed by atoms with Gasteiger partial charge >= 0.3 is 0 Å². The molecule has 1 atom stereocenters. The molecule has 2 heterocycles. The first-order valence-electron chi connectivity index (χ1n) is 7.20. The molecule has 1 N–H and O–H groups in total. The molecule has 0 aromatic heterocycles. The smallest absolute Gasteiger partial charge is 0.254 e. The minimum Gasteiger partial charge on any atom is -0.493 e. The van der Waals surface area contributed by atoms with Crippen LogP contribution in [0.4, 0.5) is 0 Å². The Balaban J connectivity index is 0.00000176. The summed E-state index contributed by atoms with van der Waals surface area (Å²) in [5.74, 6) is 1.69. The highest BCUT2D eigenvalue weighted by Gasteiger charge is 2.27. The average Bonchev–Trinajstić information content (AvgIpc) is 2.53. The van der Waals surface area contributed by atoms with Gasteiger partial charge in [0.15, 0.2) is 11.5 Å². The van der Waals surface area contributed by atoms with Crippen molar-refractivity contribution in [3.63, 3.8) is 0 Å². The minimum atomic E-state index is -0.000673. The molecule has 0 saturated carbocycles. The molecule has 6 nitrogen and oxygen atoms in total. The Kier molecular flexibility index (Phi) is 5.37. The first-order chi connectivity index (χ1) is 10.2. The van der Waals surface area contributed by atoms with Gasteiger partial charge in [0.2, 0.25) is 5.75 Å². The second-order valence-electron chi connectivity index (χ2n) is 5.25. The fraction of sp³-hybridized carbons (Fsp3) is 0.533. The lowest BCUT2D eigenvalue weighted by Gasteiger charge is -2.34. The minimum absolute atomic E-state index is 0. The summed E-state index contributed by atoms with van der Waals surface area (Å²) in [5, 5.41) is 3.28. The molecule has 122 valence electrons. The lowest BCUT2D eigenvalue weighted by molar-refractivity contribution is 0.0654. The van der Waals surface area contributed by atoms with Gasteiger partial charge in [-0.2, -0.15) is 0 Å². The summed E-state index contributed by atoms with van der Waals surface area (Å²) in [7, 11) is 1.56. The zero-order chi connectivity index (χ0) is 14.8. The van der Waals surface area contributed by atoms with E-state index in [9.17, 15) is 4.79 Å². The summed E-state index contributed by atoms with van der Waals surface area (Å²) in [5.41, 5.74) is 0.574. The van der Waals surface area contributed by atoms with E-state index in [4.69, 9.17) is 14.2 Å². The van der Waals surface area contributed by atoms with Crippen molar-refractivity contribution in [3.05, 3.63) is 17.7 Å². The van der Waals surface area contributed by atoms with Crippen LogP contribution in [0.3, 0.4) is 0 Å². The van der Waals surface area contributed by atoms with Crippen LogP contribution in [0.25, 0.3) is 0 Å². The SMILES string of the molecule is COc1cc(C(=O)N2CCNCC2C)cc2c1OCCO2.Cl. The number of amides is 1. The lowest BCUT2D eigenvalue weighted by Crippen LogP contribution is -2.52. The predicted octanol–water partition coefficient (Wildman–Crippen LogP) is 1.32. The number of hydrogen-bond acceptors (Lipinski definition) is 5. The van der Waals surface area contributed by atoms with Crippen LogP contribution >= 0.6 is 12.4 Å². The maximum atomic E-state index is 12.7. The topological polar surface area (TPSA) is 60.0 Å². The van der Waals surface area contributed by atoms with Gasteiger partial charge in [-0.15, -0.1) is 12.4 Å². The average molecular weight is 329 g/mol. The zero-order valence-electron chi connectivity index (χ0n) is 12.8. The van der Waals surface area contributed by atoms with Crippen LogP contribution in [0, 0.1) is 0 Å². The van der Waals surface area contributed by atoms with E-state index in [2.05, 4.69) is 5.32 Å². The summed E-state index contributed by atoms with van der Waals surface area (Å²) in [6.45, 7) is 5.35. The van der Waals surface area contributed by atoms with Gasteiger partial charge in [-0.25, -0.2) is 0 Å². The Morgan fingerprint density at radius 2 is 2.14 bits per heavy atom. The molecule has 0 radical (unpaired) electrons. The molecule has 7 heteroatoms. The summed E-state index contributed by atoms with van der Waals surface area (Å²) < 4.78 is 16.5. The summed E-state index contributed by atoms with van der Waals surface area (Å²) >= 11 is 0. The van der Waals surface area contributed by atoms with E-state index >= 15 is 0 Å². The molecule has 1 unspecified atom stereocenters. The third-order valence-corrected chi connectivity index (χ3v) is 3.84. The monoisotopic (exact) mass is 328 g/mol. The normalized spacial score (nSPS) is 20.1. The van der Waals surface area contributed by atoms with Crippen molar-refractivity contribution < 1.29 is 19.0 Å². The first kappa shape index (κ1) is 16.7. The fourth-order valence-electron chi connectivity index (χ4n) is 2.71. The Morgan fingerprint density at radius 1 is 1.36 bits per heavy atom. The highest BCUT2D eigenvalue weighted by atomic mass is 35.5. The number of rotatable bonds is 2. The number of halogens is 1. The van der Waals surface area contributed by atoms with Crippen molar-refractivity contribution in [1.82, 2.24) is 10.2 Å². The van der Waals surface area contributed by atoms with Crippen LogP contribution in [0.2, 0.25) is 0 Å². The molecular formula is C15H21ClN2O4. The summed E-state index contributed by atoms with van der Waals surface area (Å²) in [6, 6.07) is 3.64. The van der Waals surface area contributed by atoms with E-state index in [1.54, 1.807) is 19.2 Å². The van der Waals surface area contributed by atoms with Gasteiger partial charge in [0.1, 0.15) is 13.2 Å². The summed E-state index contributed by atoms with van der Waals surface area (Å²) in [4.78, 5) is 14.6. The third-order valence-electron chi connectivity index (χ3n) is 3.84. The number of methoxy groups -OCH3 is 1. The van der Waals surface area contributed by atoms with E-state index < -0.39 is 0 Å². The predicted molar refractivity (Wildman–Crippen MR) is 84.6 cm³/mol. The molecule has 1 fully saturated rings. The number of fused-ring (bicyclic) bond motifs is 1. The Hall–Kier alpha value is -1.66. The number of carbonyl (C=O) groups excluding carboxylic acids is 1. The largest absolute Gasteiger partial charge is 0.493 e.